The van der Waals surface area contributed by atoms with Gasteiger partial charge in [-0.15, -0.1) is 5.10 Å². The SMILES string of the molecule is Cc1nnc(Oc2ccc(Br)c(F)c2)c(C(N)=NO)c1C. The van der Waals surface area contributed by atoms with Gasteiger partial charge < -0.3 is 15.7 Å². The van der Waals surface area contributed by atoms with Crippen molar-refractivity contribution in [3.63, 3.8) is 0 Å². The maximum absolute atomic E-state index is 13.5. The van der Waals surface area contributed by atoms with E-state index < -0.39 is 5.82 Å². The number of oxime groups is 1. The topological polar surface area (TPSA) is 93.6 Å². The van der Waals surface area contributed by atoms with Crippen molar-refractivity contribution in [1.82, 2.24) is 10.2 Å². The molecule has 0 unspecified atom stereocenters. The van der Waals surface area contributed by atoms with E-state index in [1.54, 1.807) is 19.9 Å². The number of nitrogens with zero attached hydrogens (tertiary/aromatic N) is 3. The van der Waals surface area contributed by atoms with E-state index in [1.165, 1.54) is 12.1 Å². The standard InChI is InChI=1S/C13H12BrFN4O2/c1-6-7(2)17-18-13(11(6)12(16)19-20)21-8-3-4-9(14)10(15)5-8/h3-5,20H,1-2H3,(H2,16,19). The van der Waals surface area contributed by atoms with E-state index >= 15 is 0 Å². The second-order valence-corrected chi connectivity index (χ2v) is 5.11. The zero-order valence-electron chi connectivity index (χ0n) is 11.3. The molecule has 0 aliphatic rings. The van der Waals surface area contributed by atoms with Crippen LogP contribution in [0.2, 0.25) is 0 Å². The highest BCUT2D eigenvalue weighted by Gasteiger charge is 2.17. The van der Waals surface area contributed by atoms with E-state index in [1.807, 2.05) is 0 Å². The lowest BCUT2D eigenvalue weighted by Gasteiger charge is -2.12. The molecule has 8 heteroatoms. The molecule has 1 heterocycles. The minimum Gasteiger partial charge on any atom is -0.437 e. The van der Waals surface area contributed by atoms with E-state index in [0.717, 1.165) is 0 Å². The third kappa shape index (κ3) is 3.10. The molecular weight excluding hydrogens is 343 g/mol. The number of amidine groups is 1. The van der Waals surface area contributed by atoms with Gasteiger partial charge >= 0.3 is 0 Å². The van der Waals surface area contributed by atoms with Crippen LogP contribution in [0.3, 0.4) is 0 Å². The third-order valence-electron chi connectivity index (χ3n) is 2.89. The van der Waals surface area contributed by atoms with E-state index in [9.17, 15) is 4.39 Å². The molecule has 21 heavy (non-hydrogen) atoms. The van der Waals surface area contributed by atoms with Crippen LogP contribution in [0.15, 0.2) is 27.8 Å². The highest BCUT2D eigenvalue weighted by Crippen LogP contribution is 2.28. The lowest BCUT2D eigenvalue weighted by atomic mass is 10.1. The fourth-order valence-electron chi connectivity index (χ4n) is 1.66. The van der Waals surface area contributed by atoms with Crippen molar-refractivity contribution in [1.29, 1.82) is 0 Å². The molecule has 0 aliphatic heterocycles. The van der Waals surface area contributed by atoms with Gasteiger partial charge in [0.15, 0.2) is 5.84 Å². The summed E-state index contributed by atoms with van der Waals surface area (Å²) >= 11 is 3.05. The van der Waals surface area contributed by atoms with Crippen molar-refractivity contribution < 1.29 is 14.3 Å². The lowest BCUT2D eigenvalue weighted by molar-refractivity contribution is 0.318. The number of aryl methyl sites for hydroxylation is 1. The molecule has 0 radical (unpaired) electrons. The fraction of sp³-hybridized carbons (Fsp3) is 0.154. The maximum atomic E-state index is 13.5. The Morgan fingerprint density at radius 3 is 2.71 bits per heavy atom. The van der Waals surface area contributed by atoms with Gasteiger partial charge in [-0.25, -0.2) is 4.39 Å². The molecule has 6 nitrogen and oxygen atoms in total. The van der Waals surface area contributed by atoms with E-state index in [0.29, 0.717) is 21.3 Å². The van der Waals surface area contributed by atoms with Crippen LogP contribution in [0.25, 0.3) is 0 Å². The molecule has 0 atom stereocenters. The number of aromatic nitrogens is 2. The Balaban J connectivity index is 2.49. The number of benzene rings is 1. The molecule has 110 valence electrons. The Labute approximate surface area is 128 Å². The first-order valence-corrected chi connectivity index (χ1v) is 6.68. The normalized spacial score (nSPS) is 11.5. The van der Waals surface area contributed by atoms with Crippen molar-refractivity contribution in [2.75, 3.05) is 0 Å². The summed E-state index contributed by atoms with van der Waals surface area (Å²) in [4.78, 5) is 0. The Morgan fingerprint density at radius 2 is 2.10 bits per heavy atom. The largest absolute Gasteiger partial charge is 0.437 e. The molecule has 0 bridgehead atoms. The highest BCUT2D eigenvalue weighted by molar-refractivity contribution is 9.10. The molecule has 1 aromatic carbocycles. The molecule has 0 amide bonds. The zero-order chi connectivity index (χ0) is 15.6. The van der Waals surface area contributed by atoms with Crippen LogP contribution in [0.5, 0.6) is 11.6 Å². The van der Waals surface area contributed by atoms with Crippen LogP contribution in [-0.2, 0) is 0 Å². The second-order valence-electron chi connectivity index (χ2n) is 4.25. The summed E-state index contributed by atoms with van der Waals surface area (Å²) in [5.74, 6) is -0.372. The van der Waals surface area contributed by atoms with Crippen molar-refractivity contribution in [3.05, 3.63) is 45.3 Å². The molecule has 0 saturated carbocycles. The van der Waals surface area contributed by atoms with Crippen LogP contribution in [0.4, 0.5) is 4.39 Å². The molecule has 0 fully saturated rings. The summed E-state index contributed by atoms with van der Waals surface area (Å²) in [7, 11) is 0. The van der Waals surface area contributed by atoms with E-state index in [-0.39, 0.29) is 17.5 Å². The summed E-state index contributed by atoms with van der Waals surface area (Å²) < 4.78 is 19.3. The van der Waals surface area contributed by atoms with Crippen LogP contribution in [0, 0.1) is 19.7 Å². The van der Waals surface area contributed by atoms with E-state index in [2.05, 4.69) is 31.3 Å². The predicted molar refractivity (Wildman–Crippen MR) is 78.2 cm³/mol. The fourth-order valence-corrected chi connectivity index (χ4v) is 1.91. The van der Waals surface area contributed by atoms with Gasteiger partial charge in [-0.2, -0.15) is 5.10 Å². The first kappa shape index (κ1) is 15.2. The number of nitrogens with two attached hydrogens (primary N) is 1. The molecule has 0 aliphatic carbocycles. The van der Waals surface area contributed by atoms with Crippen molar-refractivity contribution in [2.45, 2.75) is 13.8 Å². The molecule has 2 rings (SSSR count). The Bertz CT molecular complexity index is 722. The van der Waals surface area contributed by atoms with Gasteiger partial charge in [0.1, 0.15) is 11.6 Å². The summed E-state index contributed by atoms with van der Waals surface area (Å²) in [5.41, 5.74) is 7.23. The summed E-state index contributed by atoms with van der Waals surface area (Å²) in [6.07, 6.45) is 0. The van der Waals surface area contributed by atoms with Crippen molar-refractivity contribution in [3.8, 4) is 11.6 Å². The Kier molecular flexibility index (Phi) is 4.37. The maximum Gasteiger partial charge on any atom is 0.250 e. The second kappa shape index (κ2) is 6.04. The highest BCUT2D eigenvalue weighted by atomic mass is 79.9. The zero-order valence-corrected chi connectivity index (χ0v) is 12.8. The smallest absolute Gasteiger partial charge is 0.250 e. The number of halogens is 2. The van der Waals surface area contributed by atoms with Crippen molar-refractivity contribution in [2.24, 2.45) is 10.9 Å². The monoisotopic (exact) mass is 354 g/mol. The molecule has 1 aromatic heterocycles. The predicted octanol–water partition coefficient (Wildman–Crippen LogP) is 2.88. The molecule has 3 N–H and O–H groups in total. The molecular formula is C13H12BrFN4O2. The van der Waals surface area contributed by atoms with Gasteiger partial charge in [0.05, 0.1) is 15.7 Å². The number of hydrogen-bond donors (Lipinski definition) is 2. The Morgan fingerprint density at radius 1 is 1.38 bits per heavy atom. The minimum atomic E-state index is -0.477. The van der Waals surface area contributed by atoms with Gasteiger partial charge in [0, 0.05) is 6.07 Å². The molecule has 0 spiro atoms. The Hall–Kier alpha value is -2.22. The summed E-state index contributed by atoms with van der Waals surface area (Å²) in [6, 6.07) is 4.25. The van der Waals surface area contributed by atoms with Gasteiger partial charge in [0.2, 0.25) is 5.88 Å². The summed E-state index contributed by atoms with van der Waals surface area (Å²) in [5, 5.41) is 19.6. The third-order valence-corrected chi connectivity index (χ3v) is 3.53. The average Bonchev–Trinajstić information content (AvgIpc) is 2.46. The minimum absolute atomic E-state index is 0.0372. The van der Waals surface area contributed by atoms with Gasteiger partial charge in [-0.3, -0.25) is 0 Å². The van der Waals surface area contributed by atoms with Crippen LogP contribution < -0.4 is 10.5 Å². The molecule has 0 saturated heterocycles. The number of rotatable bonds is 3. The van der Waals surface area contributed by atoms with Crippen LogP contribution in [-0.4, -0.2) is 21.2 Å². The average molecular weight is 355 g/mol. The molecule has 2 aromatic rings. The van der Waals surface area contributed by atoms with Gasteiger partial charge in [-0.1, -0.05) is 5.16 Å². The van der Waals surface area contributed by atoms with Gasteiger partial charge in [-0.05, 0) is 47.5 Å². The van der Waals surface area contributed by atoms with Crippen molar-refractivity contribution >= 4 is 21.8 Å². The number of ether oxygens (including phenoxy) is 1. The quantitative estimate of drug-likeness (QED) is 0.382. The summed E-state index contributed by atoms with van der Waals surface area (Å²) in [6.45, 7) is 3.48. The van der Waals surface area contributed by atoms with Gasteiger partial charge in [0.25, 0.3) is 0 Å². The van der Waals surface area contributed by atoms with Crippen LogP contribution in [0.1, 0.15) is 16.8 Å². The first-order chi connectivity index (χ1) is 9.93. The number of hydrogen-bond acceptors (Lipinski definition) is 5. The van der Waals surface area contributed by atoms with E-state index in [4.69, 9.17) is 15.7 Å². The lowest BCUT2D eigenvalue weighted by Crippen LogP contribution is -2.18. The van der Waals surface area contributed by atoms with Crippen LogP contribution >= 0.6 is 15.9 Å². The first-order valence-electron chi connectivity index (χ1n) is 5.88.